The SMILES string of the molecule is CC(=O)N[C@H]1CSSC[C@@H](C(=O)N[C@H](C(N)=O)C(C)(C)S)NC(=O)[C@H](CO)NC(=O)CNC(=O)CNC(=O)[C@H](C)NC(=O)[C@H](CCCNC(=N)N)NC(=O)[C@H](CCCNC(=N)N)NC(=O)CNC1=O. The highest BCUT2D eigenvalue weighted by Crippen LogP contribution is 2.24. The highest BCUT2D eigenvalue weighted by Gasteiger charge is 2.36. The van der Waals surface area contributed by atoms with Gasteiger partial charge in [0.1, 0.15) is 42.3 Å². The number of hydrogen-bond acceptors (Lipinski definition) is 17. The second-order valence-electron chi connectivity index (χ2n) is 15.8. The van der Waals surface area contributed by atoms with E-state index in [1.807, 2.05) is 0 Å². The van der Waals surface area contributed by atoms with Crippen LogP contribution in [0, 0.1) is 10.8 Å². The number of carbonyl (C=O) groups is 11. The summed E-state index contributed by atoms with van der Waals surface area (Å²) < 4.78 is -1.19. The average molecular weight is 1040 g/mol. The number of primary amides is 1. The highest BCUT2D eigenvalue weighted by molar-refractivity contribution is 8.76. The van der Waals surface area contributed by atoms with Gasteiger partial charge in [0.15, 0.2) is 11.9 Å². The van der Waals surface area contributed by atoms with Gasteiger partial charge in [-0.25, -0.2) is 0 Å². The topological polar surface area (TPSA) is 478 Å². The number of aliphatic hydroxyl groups excluding tert-OH is 1. The third-order valence-electron chi connectivity index (χ3n) is 9.29. The van der Waals surface area contributed by atoms with Crippen LogP contribution in [0.3, 0.4) is 0 Å². The lowest BCUT2D eigenvalue weighted by molar-refractivity contribution is -0.134. The van der Waals surface area contributed by atoms with Gasteiger partial charge in [0.25, 0.3) is 0 Å². The van der Waals surface area contributed by atoms with E-state index in [2.05, 4.69) is 76.4 Å². The fourth-order valence-electron chi connectivity index (χ4n) is 5.74. The monoisotopic (exact) mass is 1040 g/mol. The Kier molecular flexibility index (Phi) is 27.3. The number of nitrogens with one attached hydrogen (secondary N) is 14. The molecule has 1 rings (SSSR count). The maximum atomic E-state index is 13.8. The van der Waals surface area contributed by atoms with Gasteiger partial charge in [-0.3, -0.25) is 63.6 Å². The van der Waals surface area contributed by atoms with E-state index in [1.54, 1.807) is 0 Å². The second kappa shape index (κ2) is 31.0. The molecule has 7 atom stereocenters. The van der Waals surface area contributed by atoms with Gasteiger partial charge in [-0.05, 0) is 46.5 Å². The van der Waals surface area contributed by atoms with Crippen molar-refractivity contribution in [2.75, 3.05) is 50.8 Å². The molecule has 1 aliphatic rings. The van der Waals surface area contributed by atoms with Gasteiger partial charge in [0.05, 0.1) is 26.2 Å². The van der Waals surface area contributed by atoms with Crippen molar-refractivity contribution in [3.63, 3.8) is 0 Å². The van der Waals surface area contributed by atoms with Crippen LogP contribution in [0.25, 0.3) is 0 Å². The minimum Gasteiger partial charge on any atom is -0.394 e. The minimum atomic E-state index is -1.68. The van der Waals surface area contributed by atoms with Crippen molar-refractivity contribution in [3.8, 4) is 0 Å². The van der Waals surface area contributed by atoms with Gasteiger partial charge >= 0.3 is 0 Å². The Hall–Kier alpha value is -6.28. The van der Waals surface area contributed by atoms with Crippen molar-refractivity contribution in [3.05, 3.63) is 0 Å². The second-order valence-corrected chi connectivity index (χ2v) is 19.5. The molecule has 11 amide bonds. The number of nitrogens with two attached hydrogens (primary N) is 3. The Morgan fingerprint density at radius 3 is 1.71 bits per heavy atom. The molecule has 0 aromatic rings. The highest BCUT2D eigenvalue weighted by atomic mass is 33.1. The summed E-state index contributed by atoms with van der Waals surface area (Å²) in [5.74, 6) is -11.0. The molecule has 0 unspecified atom stereocenters. The van der Waals surface area contributed by atoms with E-state index in [4.69, 9.17) is 28.0 Å². The summed E-state index contributed by atoms with van der Waals surface area (Å²) in [6.45, 7) is 2.43. The Bertz CT molecular complexity index is 1890. The van der Waals surface area contributed by atoms with Gasteiger partial charge in [-0.2, -0.15) is 12.6 Å². The summed E-state index contributed by atoms with van der Waals surface area (Å²) in [6.07, 6.45) is 0.172. The largest absolute Gasteiger partial charge is 0.394 e. The third kappa shape index (κ3) is 25.1. The van der Waals surface area contributed by atoms with Crippen LogP contribution in [-0.4, -0.2) is 180 Å². The van der Waals surface area contributed by atoms with Crippen molar-refractivity contribution in [1.82, 2.24) is 63.8 Å². The Balaban J connectivity index is 3.57. The minimum absolute atomic E-state index is 0.0725. The first-order chi connectivity index (χ1) is 32.2. The zero-order chi connectivity index (χ0) is 52.4. The molecule has 0 radical (unpaired) electrons. The molecule has 388 valence electrons. The predicted octanol–water partition coefficient (Wildman–Crippen LogP) is -8.12. The molecule has 1 saturated heterocycles. The van der Waals surface area contributed by atoms with Crippen LogP contribution in [-0.2, 0) is 52.7 Å². The van der Waals surface area contributed by atoms with Crippen LogP contribution in [0.1, 0.15) is 53.4 Å². The smallest absolute Gasteiger partial charge is 0.245 e. The molecule has 0 spiro atoms. The third-order valence-corrected chi connectivity index (χ3v) is 12.0. The van der Waals surface area contributed by atoms with Crippen LogP contribution >= 0.6 is 34.2 Å². The molecule has 1 fully saturated rings. The lowest BCUT2D eigenvalue weighted by Gasteiger charge is -2.30. The quantitative estimate of drug-likeness (QED) is 0.0253. The van der Waals surface area contributed by atoms with E-state index in [1.165, 1.54) is 20.8 Å². The first kappa shape index (κ1) is 60.7. The lowest BCUT2D eigenvalue weighted by Crippen LogP contribution is -2.61. The van der Waals surface area contributed by atoms with E-state index >= 15 is 0 Å². The van der Waals surface area contributed by atoms with Crippen molar-refractivity contribution < 1.29 is 57.8 Å². The fraction of sp³-hybridized carbons (Fsp3) is 0.649. The predicted molar refractivity (Wildman–Crippen MR) is 256 cm³/mol. The number of aliphatic hydroxyl groups is 1. The van der Waals surface area contributed by atoms with Crippen LogP contribution < -0.4 is 81.0 Å². The summed E-state index contributed by atoms with van der Waals surface area (Å²) in [6, 6.07) is -9.83. The summed E-state index contributed by atoms with van der Waals surface area (Å²) in [5, 5.41) is 53.7. The van der Waals surface area contributed by atoms with Crippen LogP contribution in [0.5, 0.6) is 0 Å². The number of guanidine groups is 2. The van der Waals surface area contributed by atoms with Crippen LogP contribution in [0.4, 0.5) is 0 Å². The van der Waals surface area contributed by atoms with Crippen molar-refractivity contribution in [1.29, 1.82) is 10.8 Å². The normalized spacial score (nSPS) is 23.0. The van der Waals surface area contributed by atoms with E-state index in [-0.39, 0.29) is 62.2 Å². The van der Waals surface area contributed by atoms with Crippen molar-refractivity contribution in [2.45, 2.75) is 100 Å². The molecule has 0 aliphatic carbocycles. The molecule has 69 heavy (non-hydrogen) atoms. The van der Waals surface area contributed by atoms with Crippen LogP contribution in [0.2, 0.25) is 0 Å². The zero-order valence-electron chi connectivity index (χ0n) is 38.5. The number of rotatable bonds is 14. The molecule has 0 aromatic carbocycles. The molecule has 1 aliphatic heterocycles. The molecule has 21 N–H and O–H groups in total. The van der Waals surface area contributed by atoms with Crippen molar-refractivity contribution in [2.24, 2.45) is 17.2 Å². The van der Waals surface area contributed by atoms with Gasteiger partial charge in [0, 0.05) is 36.3 Å². The fourth-order valence-corrected chi connectivity index (χ4v) is 8.26. The first-order valence-electron chi connectivity index (χ1n) is 21.2. The van der Waals surface area contributed by atoms with E-state index in [0.29, 0.717) is 0 Å². The Morgan fingerprint density at radius 1 is 0.710 bits per heavy atom. The summed E-state index contributed by atoms with van der Waals surface area (Å²) in [5.41, 5.74) is 16.2. The van der Waals surface area contributed by atoms with E-state index in [0.717, 1.165) is 28.5 Å². The Morgan fingerprint density at radius 2 is 1.19 bits per heavy atom. The number of amides is 11. The molecule has 0 bridgehead atoms. The Labute approximate surface area is 410 Å². The molecule has 0 saturated carbocycles. The summed E-state index contributed by atoms with van der Waals surface area (Å²) in [4.78, 5) is 143. The van der Waals surface area contributed by atoms with Gasteiger partial charge in [0.2, 0.25) is 65.0 Å². The van der Waals surface area contributed by atoms with Gasteiger partial charge in [-0.15, -0.1) is 0 Å². The zero-order valence-corrected chi connectivity index (χ0v) is 41.0. The maximum Gasteiger partial charge on any atom is 0.245 e. The van der Waals surface area contributed by atoms with E-state index in [9.17, 15) is 57.8 Å². The number of carbonyl (C=O) groups excluding carboxylic acids is 11. The van der Waals surface area contributed by atoms with Gasteiger partial charge in [-0.1, -0.05) is 21.6 Å². The first-order valence-corrected chi connectivity index (χ1v) is 24.1. The molecular weight excluding hydrogens is 971 g/mol. The van der Waals surface area contributed by atoms with Gasteiger partial charge < -0.3 is 86.1 Å². The standard InChI is InChI=1S/C37H65N17O12S3/c1-17-29(61)46-11-24(57)45-12-25(58)51-21(14-55)33(65)53-23(34(66)54-27(28(38)60)37(3,4)67)16-69-68-15-22(49-18(2)56)30(62)47-13-26(59)50-19(7-5-9-43-35(39)40)32(64)52-20(31(63)48-17)8-6-10-44-36(41)42/h17,19-23,27,55,67H,5-16H2,1-4H3,(H2,38,60)(H,45,57)(H,46,61)(H,47,62)(H,48,63)(H,49,56)(H,50,59)(H,51,58)(H,52,64)(H,53,65)(H,54,66)(H4,39,40,43)(H4,41,42,44)/t17-,19-,20-,21-,22-,23-,27+/m0/s1. The van der Waals surface area contributed by atoms with Crippen molar-refractivity contribution >= 4 is 111 Å². The lowest BCUT2D eigenvalue weighted by atomic mass is 10.0. The molecule has 29 nitrogen and oxygen atoms in total. The maximum absolute atomic E-state index is 13.8. The summed E-state index contributed by atoms with van der Waals surface area (Å²) in [7, 11) is 1.85. The average Bonchev–Trinajstić information content (AvgIpc) is 3.25. The molecule has 32 heteroatoms. The van der Waals surface area contributed by atoms with Crippen LogP contribution in [0.15, 0.2) is 0 Å². The summed E-state index contributed by atoms with van der Waals surface area (Å²) >= 11 is 4.33. The molecule has 1 heterocycles. The molecule has 0 aromatic heterocycles. The molecular formula is C37H65N17O12S3. The number of thiol groups is 1. The number of hydrogen-bond donors (Lipinski definition) is 19. The van der Waals surface area contributed by atoms with E-state index < -0.39 is 138 Å².